The first-order chi connectivity index (χ1) is 32.0. The summed E-state index contributed by atoms with van der Waals surface area (Å²) in [6, 6.07) is 26.6. The maximum absolute atomic E-state index is 14.5. The van der Waals surface area contributed by atoms with E-state index in [1.54, 1.807) is 76.2 Å². The minimum atomic E-state index is -1.61. The molecule has 0 bridgehead atoms. The number of Topliss-reactive ketones (excluding diaryl/α,β-unsaturated/α-hetero) is 3. The van der Waals surface area contributed by atoms with E-state index in [2.05, 4.69) is 26.6 Å². The van der Waals surface area contributed by atoms with Crippen LogP contribution in [0.25, 0.3) is 10.8 Å². The number of fused-ring (bicyclic) bond motifs is 1. The molecule has 0 aliphatic rings. The molecule has 4 aromatic carbocycles. The summed E-state index contributed by atoms with van der Waals surface area (Å²) in [6.07, 6.45) is -0.420. The second kappa shape index (κ2) is 22.5. The van der Waals surface area contributed by atoms with Crippen LogP contribution in [0.4, 0.5) is 0 Å². The Morgan fingerprint density at radius 2 is 1.00 bits per heavy atom. The van der Waals surface area contributed by atoms with Crippen molar-refractivity contribution < 1.29 is 43.2 Å². The predicted molar refractivity (Wildman–Crippen MR) is 266 cm³/mol. The first-order valence-corrected chi connectivity index (χ1v) is 23.3. The summed E-state index contributed by atoms with van der Waals surface area (Å²) in [5.74, 6) is -6.12. The highest BCUT2D eigenvalue weighted by molar-refractivity contribution is 6.09. The Morgan fingerprint density at radius 1 is 0.493 bits per heavy atom. The molecule has 0 radical (unpaired) electrons. The third kappa shape index (κ3) is 15.3. The normalized spacial score (nSPS) is 13.7. The summed E-state index contributed by atoms with van der Waals surface area (Å²) < 4.78 is 0. The Kier molecular flexibility index (Phi) is 17.9. The zero-order valence-corrected chi connectivity index (χ0v) is 42.0. The first-order valence-electron chi connectivity index (χ1n) is 23.3. The predicted octanol–water partition coefficient (Wildman–Crippen LogP) is 6.34. The third-order valence-electron chi connectivity index (χ3n) is 12.3. The van der Waals surface area contributed by atoms with Gasteiger partial charge in [0.2, 0.25) is 29.5 Å². The lowest BCUT2D eigenvalue weighted by atomic mass is 9.85. The minimum Gasteiger partial charge on any atom is -0.345 e. The molecule has 69 heavy (non-hydrogen) atoms. The number of rotatable bonds is 22. The summed E-state index contributed by atoms with van der Waals surface area (Å²) in [5.41, 5.74) is -3.08. The molecule has 14 heteroatoms. The Morgan fingerprint density at radius 3 is 1.58 bits per heavy atom. The minimum absolute atomic E-state index is 0.000382. The molecule has 368 valence electrons. The molecule has 0 saturated carbocycles. The van der Waals surface area contributed by atoms with E-state index in [9.17, 15) is 43.2 Å². The molecule has 5 N–H and O–H groups in total. The van der Waals surface area contributed by atoms with Gasteiger partial charge in [-0.15, -0.1) is 0 Å². The van der Waals surface area contributed by atoms with Gasteiger partial charge in [0.1, 0.15) is 22.9 Å². The Hall–Kier alpha value is -6.83. The van der Waals surface area contributed by atoms with Crippen LogP contribution in [0.5, 0.6) is 0 Å². The van der Waals surface area contributed by atoms with Crippen molar-refractivity contribution in [2.45, 2.75) is 137 Å². The van der Waals surface area contributed by atoms with Crippen molar-refractivity contribution in [3.8, 4) is 0 Å². The van der Waals surface area contributed by atoms with E-state index in [0.717, 1.165) is 10.8 Å². The van der Waals surface area contributed by atoms with E-state index < -0.39 is 87.7 Å². The molecule has 14 nitrogen and oxygen atoms in total. The van der Waals surface area contributed by atoms with E-state index in [0.29, 0.717) is 22.3 Å². The lowest BCUT2D eigenvalue weighted by molar-refractivity contribution is -0.139. The van der Waals surface area contributed by atoms with Crippen LogP contribution in [-0.2, 0) is 51.2 Å². The van der Waals surface area contributed by atoms with Gasteiger partial charge in [0.25, 0.3) is 0 Å². The molecule has 0 spiro atoms. The molecule has 0 fully saturated rings. The van der Waals surface area contributed by atoms with Crippen LogP contribution < -0.4 is 26.6 Å². The summed E-state index contributed by atoms with van der Waals surface area (Å²) in [6.45, 7) is 18.7. The largest absolute Gasteiger partial charge is 0.345 e. The highest BCUT2D eigenvalue weighted by Gasteiger charge is 2.40. The van der Waals surface area contributed by atoms with E-state index in [1.807, 2.05) is 48.5 Å². The fourth-order valence-corrected chi connectivity index (χ4v) is 7.29. The molecular weight excluding hydrogens is 875 g/mol. The average Bonchev–Trinajstić information content (AvgIpc) is 3.27. The summed E-state index contributed by atoms with van der Waals surface area (Å²) in [4.78, 5) is 122. The molecule has 4 atom stereocenters. The lowest BCUT2D eigenvalue weighted by Gasteiger charge is -2.32. The molecule has 0 aromatic heterocycles. The molecule has 0 aliphatic carbocycles. The number of benzene rings is 4. The van der Waals surface area contributed by atoms with Gasteiger partial charge in [0, 0.05) is 47.6 Å². The SMILES string of the molecule is CC(=O)C(C)NC(=O)C(C)(C)NC(=O)C(CC(=O)C(C)(C)NC(=O)C(Cc1ccc2ccccc2c1)NC(=O)C(C)(C)NC(=O)C(C)CC(=O)C(C)(C)C)Cc1ccc(C(=O)c2ccccc2)cc1. The zero-order chi connectivity index (χ0) is 51.6. The van der Waals surface area contributed by atoms with E-state index >= 15 is 0 Å². The average molecular weight is 944 g/mol. The fraction of sp³-hybridized carbons (Fsp3) is 0.436. The van der Waals surface area contributed by atoms with Gasteiger partial charge >= 0.3 is 0 Å². The Bertz CT molecular complexity index is 2570. The van der Waals surface area contributed by atoms with Crippen molar-refractivity contribution in [1.29, 1.82) is 0 Å². The van der Waals surface area contributed by atoms with Gasteiger partial charge in [-0.25, -0.2) is 0 Å². The van der Waals surface area contributed by atoms with Crippen molar-refractivity contribution >= 4 is 63.4 Å². The first kappa shape index (κ1) is 54.8. The Labute approximate surface area is 405 Å². The molecule has 0 saturated heterocycles. The third-order valence-corrected chi connectivity index (χ3v) is 12.3. The van der Waals surface area contributed by atoms with Crippen molar-refractivity contribution in [2.24, 2.45) is 17.3 Å². The number of hydrogen-bond acceptors (Lipinski definition) is 9. The fourth-order valence-electron chi connectivity index (χ4n) is 7.29. The second-order valence-electron chi connectivity index (χ2n) is 20.8. The summed E-state index contributed by atoms with van der Waals surface area (Å²) in [5, 5.41) is 15.6. The summed E-state index contributed by atoms with van der Waals surface area (Å²) in [7, 11) is 0. The van der Waals surface area contributed by atoms with Crippen LogP contribution in [-0.4, -0.2) is 81.4 Å². The second-order valence-corrected chi connectivity index (χ2v) is 20.8. The molecule has 0 aliphatic heterocycles. The van der Waals surface area contributed by atoms with Crippen molar-refractivity contribution in [3.63, 3.8) is 0 Å². The lowest BCUT2D eigenvalue weighted by Crippen LogP contribution is -2.62. The molecule has 4 unspecified atom stereocenters. The quantitative estimate of drug-likeness (QED) is 0.0556. The van der Waals surface area contributed by atoms with Gasteiger partial charge in [0.15, 0.2) is 17.3 Å². The van der Waals surface area contributed by atoms with Crippen molar-refractivity contribution in [3.05, 3.63) is 119 Å². The Balaban J connectivity index is 1.61. The van der Waals surface area contributed by atoms with Gasteiger partial charge < -0.3 is 26.6 Å². The number of carbonyl (C=O) groups is 9. The number of carbonyl (C=O) groups excluding carboxylic acids is 9. The van der Waals surface area contributed by atoms with Gasteiger partial charge in [-0.05, 0) is 83.7 Å². The van der Waals surface area contributed by atoms with Crippen LogP contribution in [0.1, 0.15) is 123 Å². The maximum Gasteiger partial charge on any atom is 0.245 e. The highest BCUT2D eigenvalue weighted by atomic mass is 16.2. The number of hydrogen-bond donors (Lipinski definition) is 5. The van der Waals surface area contributed by atoms with Crippen LogP contribution in [0.15, 0.2) is 97.1 Å². The van der Waals surface area contributed by atoms with E-state index in [1.165, 1.54) is 55.4 Å². The summed E-state index contributed by atoms with van der Waals surface area (Å²) >= 11 is 0. The van der Waals surface area contributed by atoms with E-state index in [4.69, 9.17) is 0 Å². The monoisotopic (exact) mass is 944 g/mol. The van der Waals surface area contributed by atoms with Gasteiger partial charge in [-0.2, -0.15) is 0 Å². The molecule has 4 rings (SSSR count). The number of ketones is 4. The smallest absolute Gasteiger partial charge is 0.245 e. The van der Waals surface area contributed by atoms with Crippen molar-refractivity contribution in [2.75, 3.05) is 0 Å². The van der Waals surface area contributed by atoms with Gasteiger partial charge in [-0.1, -0.05) is 125 Å². The highest BCUT2D eigenvalue weighted by Crippen LogP contribution is 2.24. The maximum atomic E-state index is 14.5. The van der Waals surface area contributed by atoms with Gasteiger partial charge in [-0.3, -0.25) is 43.2 Å². The molecule has 4 aromatic rings. The molecular formula is C55H69N5O9. The van der Waals surface area contributed by atoms with Crippen LogP contribution >= 0.6 is 0 Å². The molecule has 5 amide bonds. The van der Waals surface area contributed by atoms with E-state index in [-0.39, 0.29) is 36.6 Å². The van der Waals surface area contributed by atoms with Crippen LogP contribution in [0, 0.1) is 17.3 Å². The van der Waals surface area contributed by atoms with Crippen LogP contribution in [0.2, 0.25) is 0 Å². The van der Waals surface area contributed by atoms with Crippen LogP contribution in [0.3, 0.4) is 0 Å². The number of amides is 5. The topological polar surface area (TPSA) is 214 Å². The van der Waals surface area contributed by atoms with Crippen molar-refractivity contribution in [1.82, 2.24) is 26.6 Å². The standard InChI is InChI=1S/C55H69N5O9/c1-33(28-44(62)52(4,5)6)47(65)58-55(11,12)51(69)57-43(31-37-24-25-38-18-16-17-21-41(38)30-37)49(67)60-53(7,8)45(63)32-42(48(66)59-54(9,10)50(68)56-34(2)35(3)61)29-36-22-26-40(27-23-36)46(64)39-19-14-13-15-20-39/h13-27,30,33-34,42-43H,28-29,31-32H2,1-12H3,(H,56,68)(H,57,69)(H,58,65)(H,59,66)(H,60,67). The molecule has 0 heterocycles. The number of nitrogens with one attached hydrogen (secondary N) is 5. The zero-order valence-electron chi connectivity index (χ0n) is 42.0. The van der Waals surface area contributed by atoms with Gasteiger partial charge in [0.05, 0.1) is 11.6 Å².